The van der Waals surface area contributed by atoms with Gasteiger partial charge in [0, 0.05) is 11.8 Å². The van der Waals surface area contributed by atoms with Crippen LogP contribution in [0.25, 0.3) is 0 Å². The van der Waals surface area contributed by atoms with Crippen LogP contribution in [0.4, 0.5) is 0 Å². The molecule has 2 aliphatic carbocycles. The number of carboxylic acids is 1. The third-order valence-electron chi connectivity index (χ3n) is 3.41. The van der Waals surface area contributed by atoms with Crippen LogP contribution in [-0.2, 0) is 9.59 Å². The van der Waals surface area contributed by atoms with Crippen LogP contribution in [0.1, 0.15) is 32.1 Å². The van der Waals surface area contributed by atoms with Gasteiger partial charge in [0.05, 0.1) is 5.92 Å². The maximum Gasteiger partial charge on any atom is 0.307 e. The zero-order valence-electron chi connectivity index (χ0n) is 6.88. The Morgan fingerprint density at radius 1 is 1.42 bits per heavy atom. The van der Waals surface area contributed by atoms with Crippen molar-refractivity contribution < 1.29 is 14.7 Å². The molecule has 0 heterocycles. The van der Waals surface area contributed by atoms with E-state index in [0.29, 0.717) is 0 Å². The number of ketones is 1. The molecule has 12 heavy (non-hydrogen) atoms. The van der Waals surface area contributed by atoms with Gasteiger partial charge in [0.1, 0.15) is 5.78 Å². The van der Waals surface area contributed by atoms with Crippen molar-refractivity contribution in [2.45, 2.75) is 32.1 Å². The van der Waals surface area contributed by atoms with Gasteiger partial charge in [0.25, 0.3) is 0 Å². The molecule has 2 fully saturated rings. The van der Waals surface area contributed by atoms with Gasteiger partial charge in [-0.25, -0.2) is 0 Å². The zero-order valence-corrected chi connectivity index (χ0v) is 6.88. The lowest BCUT2D eigenvalue weighted by Crippen LogP contribution is -2.51. The lowest BCUT2D eigenvalue weighted by molar-refractivity contribution is -0.164. The van der Waals surface area contributed by atoms with Gasteiger partial charge >= 0.3 is 5.97 Å². The van der Waals surface area contributed by atoms with E-state index in [1.165, 1.54) is 0 Å². The molecule has 1 spiro atoms. The molecule has 2 rings (SSSR count). The summed E-state index contributed by atoms with van der Waals surface area (Å²) < 4.78 is 0. The number of Topliss-reactive ketones (excluding diaryl/α,β-unsaturated/α-hetero) is 1. The van der Waals surface area contributed by atoms with E-state index in [0.717, 1.165) is 25.7 Å². The molecular formula is C9H12O3. The molecule has 66 valence electrons. The van der Waals surface area contributed by atoms with E-state index in [-0.39, 0.29) is 18.1 Å². The number of carbonyl (C=O) groups excluding carboxylic acids is 1. The summed E-state index contributed by atoms with van der Waals surface area (Å²) in [4.78, 5) is 22.0. The maximum absolute atomic E-state index is 11.3. The minimum absolute atomic E-state index is 0.187. The van der Waals surface area contributed by atoms with Gasteiger partial charge in [-0.2, -0.15) is 0 Å². The number of hydrogen-bond donors (Lipinski definition) is 1. The van der Waals surface area contributed by atoms with E-state index >= 15 is 0 Å². The van der Waals surface area contributed by atoms with Crippen molar-refractivity contribution in [1.29, 1.82) is 0 Å². The first-order valence-electron chi connectivity index (χ1n) is 4.43. The van der Waals surface area contributed by atoms with Crippen molar-refractivity contribution in [3.63, 3.8) is 0 Å². The first-order chi connectivity index (χ1) is 5.67. The maximum atomic E-state index is 11.3. The molecule has 0 aromatic carbocycles. The van der Waals surface area contributed by atoms with Gasteiger partial charge in [0.2, 0.25) is 0 Å². The Kier molecular flexibility index (Phi) is 1.50. The number of hydrogen-bond acceptors (Lipinski definition) is 2. The van der Waals surface area contributed by atoms with E-state index < -0.39 is 11.4 Å². The van der Waals surface area contributed by atoms with Crippen LogP contribution in [0.3, 0.4) is 0 Å². The molecule has 2 saturated carbocycles. The van der Waals surface area contributed by atoms with E-state index in [9.17, 15) is 9.59 Å². The Morgan fingerprint density at radius 3 is 2.42 bits per heavy atom. The normalized spacial score (nSPS) is 32.0. The highest BCUT2D eigenvalue weighted by molar-refractivity contribution is 5.99. The average Bonchev–Trinajstić information content (AvgIpc) is 2.49. The van der Waals surface area contributed by atoms with E-state index in [4.69, 9.17) is 5.11 Å². The summed E-state index contributed by atoms with van der Waals surface area (Å²) in [6, 6.07) is 0. The summed E-state index contributed by atoms with van der Waals surface area (Å²) in [5.74, 6) is -0.962. The summed E-state index contributed by atoms with van der Waals surface area (Å²) in [6.45, 7) is 0. The number of carboxylic acid groups (broad SMARTS) is 1. The first kappa shape index (κ1) is 7.77. The molecule has 0 amide bonds. The molecule has 3 nitrogen and oxygen atoms in total. The fourth-order valence-electron chi connectivity index (χ4n) is 2.60. The molecule has 1 unspecified atom stereocenters. The highest BCUT2D eigenvalue weighted by Gasteiger charge is 2.58. The molecule has 0 bridgehead atoms. The lowest BCUT2D eigenvalue weighted by Gasteiger charge is -2.42. The minimum Gasteiger partial charge on any atom is -0.481 e. The standard InChI is InChI=1S/C9H12O3/c10-7-5-6(8(11)12)9(7)3-1-2-4-9/h6H,1-5H2,(H,11,12). The summed E-state index contributed by atoms with van der Waals surface area (Å²) >= 11 is 0. The lowest BCUT2D eigenvalue weighted by atomic mass is 9.58. The Bertz CT molecular complexity index is 238. The van der Waals surface area contributed by atoms with Crippen LogP contribution in [0.5, 0.6) is 0 Å². The van der Waals surface area contributed by atoms with Crippen LogP contribution >= 0.6 is 0 Å². The molecule has 0 saturated heterocycles. The van der Waals surface area contributed by atoms with Crippen LogP contribution in [0.2, 0.25) is 0 Å². The fourth-order valence-corrected chi connectivity index (χ4v) is 2.60. The van der Waals surface area contributed by atoms with Crippen molar-refractivity contribution in [2.75, 3.05) is 0 Å². The molecule has 0 radical (unpaired) electrons. The highest BCUT2D eigenvalue weighted by Crippen LogP contribution is 2.54. The third-order valence-corrected chi connectivity index (χ3v) is 3.41. The summed E-state index contributed by atoms with van der Waals surface area (Å²) in [5, 5.41) is 8.82. The van der Waals surface area contributed by atoms with Crippen molar-refractivity contribution in [3.05, 3.63) is 0 Å². The smallest absolute Gasteiger partial charge is 0.307 e. The summed E-state index contributed by atoms with van der Waals surface area (Å²) in [7, 11) is 0. The monoisotopic (exact) mass is 168 g/mol. The second kappa shape index (κ2) is 2.31. The first-order valence-corrected chi connectivity index (χ1v) is 4.43. The molecular weight excluding hydrogens is 156 g/mol. The topological polar surface area (TPSA) is 54.4 Å². The van der Waals surface area contributed by atoms with Crippen molar-refractivity contribution in [2.24, 2.45) is 11.3 Å². The van der Waals surface area contributed by atoms with Crippen LogP contribution in [0.15, 0.2) is 0 Å². The Morgan fingerprint density at radius 2 is 2.00 bits per heavy atom. The van der Waals surface area contributed by atoms with Crippen molar-refractivity contribution >= 4 is 11.8 Å². The van der Waals surface area contributed by atoms with Gasteiger partial charge in [0.15, 0.2) is 0 Å². The number of carbonyl (C=O) groups is 2. The summed E-state index contributed by atoms with van der Waals surface area (Å²) in [5.41, 5.74) is -0.425. The quantitative estimate of drug-likeness (QED) is 0.640. The molecule has 2 aliphatic rings. The number of aliphatic carboxylic acids is 1. The SMILES string of the molecule is O=C(O)C1CC(=O)C12CCCC2. The van der Waals surface area contributed by atoms with Gasteiger partial charge in [-0.05, 0) is 12.8 Å². The Hall–Kier alpha value is -0.860. The van der Waals surface area contributed by atoms with Crippen molar-refractivity contribution in [3.8, 4) is 0 Å². The van der Waals surface area contributed by atoms with E-state index in [1.807, 2.05) is 0 Å². The van der Waals surface area contributed by atoms with Gasteiger partial charge < -0.3 is 5.11 Å². The predicted octanol–water partition coefficient (Wildman–Crippen LogP) is 1.22. The number of rotatable bonds is 1. The molecule has 3 heteroatoms. The third kappa shape index (κ3) is 0.765. The van der Waals surface area contributed by atoms with Gasteiger partial charge in [-0.15, -0.1) is 0 Å². The molecule has 0 aliphatic heterocycles. The highest BCUT2D eigenvalue weighted by atomic mass is 16.4. The summed E-state index contributed by atoms with van der Waals surface area (Å²) in [6.07, 6.45) is 3.94. The van der Waals surface area contributed by atoms with Crippen molar-refractivity contribution in [1.82, 2.24) is 0 Å². The second-order valence-corrected chi connectivity index (χ2v) is 3.88. The van der Waals surface area contributed by atoms with E-state index in [1.54, 1.807) is 0 Å². The van der Waals surface area contributed by atoms with Gasteiger partial charge in [-0.3, -0.25) is 9.59 Å². The predicted molar refractivity (Wildman–Crippen MR) is 41.7 cm³/mol. The molecule has 0 aromatic rings. The molecule has 0 aromatic heterocycles. The fraction of sp³-hybridized carbons (Fsp3) is 0.778. The average molecular weight is 168 g/mol. The zero-order chi connectivity index (χ0) is 8.77. The van der Waals surface area contributed by atoms with Crippen LogP contribution in [0, 0.1) is 11.3 Å². The molecule has 1 atom stereocenters. The van der Waals surface area contributed by atoms with Gasteiger partial charge in [-0.1, -0.05) is 12.8 Å². The van der Waals surface area contributed by atoms with Crippen LogP contribution in [-0.4, -0.2) is 16.9 Å². The Balaban J connectivity index is 2.21. The minimum atomic E-state index is -0.781. The largest absolute Gasteiger partial charge is 0.481 e. The second-order valence-electron chi connectivity index (χ2n) is 3.88. The Labute approximate surface area is 70.8 Å². The molecule has 1 N–H and O–H groups in total. The van der Waals surface area contributed by atoms with E-state index in [2.05, 4.69) is 0 Å². The van der Waals surface area contributed by atoms with Crippen LogP contribution < -0.4 is 0 Å².